The molecular formula is C36H30ClF5N2O6S. The molecule has 51 heavy (non-hydrogen) atoms. The van der Waals surface area contributed by atoms with Crippen LogP contribution in [0, 0.1) is 29.1 Å². The van der Waals surface area contributed by atoms with Gasteiger partial charge in [0.15, 0.2) is 28.2 Å². The number of rotatable bonds is 11. The largest absolute Gasteiger partial charge is 0.488 e. The monoisotopic (exact) mass is 748 g/mol. The Balaban J connectivity index is 1.36. The Labute approximate surface area is 295 Å². The van der Waals surface area contributed by atoms with Crippen LogP contribution in [0.15, 0.2) is 77.7 Å². The Bertz CT molecular complexity index is 2040. The molecular weight excluding hydrogens is 719 g/mol. The first-order chi connectivity index (χ1) is 24.4. The van der Waals surface area contributed by atoms with Crippen molar-refractivity contribution in [1.82, 2.24) is 4.31 Å². The molecule has 1 atom stereocenters. The molecule has 4 aromatic rings. The Morgan fingerprint density at radius 1 is 0.824 bits per heavy atom. The van der Waals surface area contributed by atoms with Crippen LogP contribution in [0.3, 0.4) is 0 Å². The Morgan fingerprint density at radius 2 is 1.45 bits per heavy atom. The predicted octanol–water partition coefficient (Wildman–Crippen LogP) is 7.23. The number of carbonyl (C=O) groups is 2. The molecule has 6 rings (SSSR count). The highest BCUT2D eigenvalue weighted by Gasteiger charge is 2.48. The van der Waals surface area contributed by atoms with Crippen LogP contribution in [0.4, 0.5) is 27.6 Å². The summed E-state index contributed by atoms with van der Waals surface area (Å²) in [7, 11) is -5.40. The number of amides is 1. The van der Waals surface area contributed by atoms with E-state index in [1.165, 1.54) is 23.1 Å². The topological polar surface area (TPSA) is 93.2 Å². The van der Waals surface area contributed by atoms with E-state index in [0.717, 1.165) is 24.0 Å². The molecule has 4 aromatic carbocycles. The van der Waals surface area contributed by atoms with E-state index < -0.39 is 67.7 Å². The van der Waals surface area contributed by atoms with Crippen LogP contribution in [0.5, 0.6) is 5.75 Å². The zero-order valence-electron chi connectivity index (χ0n) is 26.8. The number of hydrogen-bond acceptors (Lipinski definition) is 6. The van der Waals surface area contributed by atoms with Crippen LogP contribution in [-0.4, -0.2) is 49.7 Å². The van der Waals surface area contributed by atoms with Crippen molar-refractivity contribution < 1.29 is 49.4 Å². The highest BCUT2D eigenvalue weighted by atomic mass is 35.5. The molecule has 0 saturated carbocycles. The van der Waals surface area contributed by atoms with Crippen molar-refractivity contribution in [2.24, 2.45) is 0 Å². The smallest absolute Gasteiger partial charge is 0.256 e. The quantitative estimate of drug-likeness (QED) is 0.0696. The minimum Gasteiger partial charge on any atom is -0.488 e. The molecule has 15 heteroatoms. The van der Waals surface area contributed by atoms with Gasteiger partial charge < -0.3 is 14.4 Å². The molecule has 268 valence electrons. The first kappa shape index (κ1) is 36.4. The van der Waals surface area contributed by atoms with Gasteiger partial charge in [-0.3, -0.25) is 9.59 Å². The molecule has 8 nitrogen and oxygen atoms in total. The summed E-state index contributed by atoms with van der Waals surface area (Å²) in [6.45, 7) is 0.731. The number of anilines is 1. The van der Waals surface area contributed by atoms with Gasteiger partial charge in [0, 0.05) is 31.5 Å². The van der Waals surface area contributed by atoms with E-state index in [-0.39, 0.29) is 42.5 Å². The van der Waals surface area contributed by atoms with Gasteiger partial charge in [-0.05, 0) is 65.6 Å². The van der Waals surface area contributed by atoms with Gasteiger partial charge in [-0.15, -0.1) is 0 Å². The molecule has 2 aliphatic heterocycles. The van der Waals surface area contributed by atoms with Crippen molar-refractivity contribution in [3.05, 3.63) is 124 Å². The van der Waals surface area contributed by atoms with Crippen LogP contribution in [0.25, 0.3) is 0 Å². The third-order valence-electron chi connectivity index (χ3n) is 9.00. The number of benzene rings is 4. The Kier molecular flexibility index (Phi) is 10.8. The van der Waals surface area contributed by atoms with E-state index in [9.17, 15) is 40.0 Å². The summed E-state index contributed by atoms with van der Waals surface area (Å²) in [5.41, 5.74) is 2.59. The second-order valence-electron chi connectivity index (χ2n) is 12.1. The van der Waals surface area contributed by atoms with E-state index in [0.29, 0.717) is 23.1 Å². The summed E-state index contributed by atoms with van der Waals surface area (Å²) in [5.74, 6) is -13.0. The summed E-state index contributed by atoms with van der Waals surface area (Å²) in [6, 6.07) is 19.0. The lowest BCUT2D eigenvalue weighted by atomic mass is 9.91. The van der Waals surface area contributed by atoms with E-state index in [1.54, 1.807) is 36.4 Å². The normalized spacial score (nSPS) is 16.8. The van der Waals surface area contributed by atoms with E-state index in [4.69, 9.17) is 21.1 Å². The van der Waals surface area contributed by atoms with Crippen LogP contribution >= 0.6 is 11.6 Å². The number of carbonyl (C=O) groups excluding carboxylic acids is 2. The lowest BCUT2D eigenvalue weighted by Gasteiger charge is -2.41. The summed E-state index contributed by atoms with van der Waals surface area (Å²) in [5, 5.41) is -0.842. The van der Waals surface area contributed by atoms with Gasteiger partial charge in [0.05, 0.1) is 12.1 Å². The van der Waals surface area contributed by atoms with Crippen molar-refractivity contribution in [3.8, 4) is 5.75 Å². The Morgan fingerprint density at radius 3 is 2.04 bits per heavy atom. The van der Waals surface area contributed by atoms with Gasteiger partial charge in [-0.1, -0.05) is 54.6 Å². The fraction of sp³-hybridized carbons (Fsp3) is 0.278. The molecule has 0 aromatic heterocycles. The lowest BCUT2D eigenvalue weighted by molar-refractivity contribution is -0.125. The maximum atomic E-state index is 14.7. The number of sulfonamides is 1. The minimum absolute atomic E-state index is 0.0104. The van der Waals surface area contributed by atoms with Crippen molar-refractivity contribution in [2.45, 2.75) is 49.3 Å². The molecule has 0 radical (unpaired) electrons. The first-order valence-corrected chi connectivity index (χ1v) is 17.7. The third kappa shape index (κ3) is 7.36. The van der Waals surface area contributed by atoms with Crippen molar-refractivity contribution >= 4 is 38.5 Å². The predicted molar refractivity (Wildman–Crippen MR) is 176 cm³/mol. The van der Waals surface area contributed by atoms with Crippen LogP contribution in [0.1, 0.15) is 52.2 Å². The summed E-state index contributed by atoms with van der Waals surface area (Å²) in [6.07, 6.45) is 1.56. The van der Waals surface area contributed by atoms with Crippen molar-refractivity contribution in [1.29, 1.82) is 0 Å². The highest BCUT2D eigenvalue weighted by molar-refractivity contribution is 7.89. The van der Waals surface area contributed by atoms with Crippen molar-refractivity contribution in [2.75, 3.05) is 24.7 Å². The molecule has 2 fully saturated rings. The SMILES string of the molecule is O=C(Cl)c1ccc(N(Cc2ccc(C3CCOCC3)cc2)C(=O)[C@H]2CCN2S(=O)(=O)c2c(F)c(F)c(F)c(F)c2F)cc1OCc1ccccc1. The van der Waals surface area contributed by atoms with E-state index in [1.807, 2.05) is 18.2 Å². The zero-order valence-corrected chi connectivity index (χ0v) is 28.3. The maximum Gasteiger partial charge on any atom is 0.256 e. The van der Waals surface area contributed by atoms with Crippen LogP contribution in [-0.2, 0) is 32.7 Å². The molecule has 0 spiro atoms. The van der Waals surface area contributed by atoms with E-state index >= 15 is 0 Å². The number of halogens is 6. The van der Waals surface area contributed by atoms with Gasteiger partial charge in [0.25, 0.3) is 5.24 Å². The van der Waals surface area contributed by atoms with Crippen LogP contribution in [0.2, 0.25) is 0 Å². The number of nitrogens with zero attached hydrogens (tertiary/aromatic N) is 2. The maximum absolute atomic E-state index is 14.7. The van der Waals surface area contributed by atoms with Gasteiger partial charge in [0.2, 0.25) is 21.7 Å². The average molecular weight is 749 g/mol. The second kappa shape index (κ2) is 15.1. The van der Waals surface area contributed by atoms with Gasteiger partial charge >= 0.3 is 0 Å². The summed E-state index contributed by atoms with van der Waals surface area (Å²) < 4.78 is 110. The fourth-order valence-electron chi connectivity index (χ4n) is 6.11. The average Bonchev–Trinajstić information content (AvgIpc) is 3.11. The molecule has 0 aliphatic carbocycles. The molecule has 0 unspecified atom stereocenters. The van der Waals surface area contributed by atoms with E-state index in [2.05, 4.69) is 0 Å². The fourth-order valence-corrected chi connectivity index (χ4v) is 8.01. The molecule has 2 aliphatic rings. The number of hydrogen-bond donors (Lipinski definition) is 0. The molecule has 1 amide bonds. The molecule has 2 heterocycles. The number of ether oxygens (including phenoxy) is 2. The minimum atomic E-state index is -5.40. The molecule has 2 saturated heterocycles. The third-order valence-corrected chi connectivity index (χ3v) is 11.1. The summed E-state index contributed by atoms with van der Waals surface area (Å²) >= 11 is 5.84. The zero-order chi connectivity index (χ0) is 36.4. The summed E-state index contributed by atoms with van der Waals surface area (Å²) in [4.78, 5) is 25.7. The first-order valence-electron chi connectivity index (χ1n) is 15.9. The lowest BCUT2D eigenvalue weighted by Crippen LogP contribution is -2.59. The van der Waals surface area contributed by atoms with Crippen LogP contribution < -0.4 is 9.64 Å². The highest BCUT2D eigenvalue weighted by Crippen LogP contribution is 2.36. The Hall–Kier alpha value is -4.37. The van der Waals surface area contributed by atoms with Gasteiger partial charge in [0.1, 0.15) is 18.4 Å². The molecule has 0 bridgehead atoms. The van der Waals surface area contributed by atoms with Crippen molar-refractivity contribution in [3.63, 3.8) is 0 Å². The standard InChI is InChI=1S/C36H30ClF5N2O6S/c37-35(45)26-11-10-25(18-28(26)50-20-22-4-2-1-3-5-22)43(19-21-6-8-23(9-7-21)24-13-16-49-17-14-24)36(46)27-12-15-44(27)51(47,48)34-32(41)30(39)29(38)31(40)33(34)42/h1-11,18,24,27H,12-17,19-20H2/t27-/m1/s1. The molecule has 0 N–H and O–H groups in total. The second-order valence-corrected chi connectivity index (χ2v) is 14.3. The van der Waals surface area contributed by atoms with Gasteiger partial charge in [-0.2, -0.15) is 4.31 Å². The van der Waals surface area contributed by atoms with Gasteiger partial charge in [-0.25, -0.2) is 30.4 Å².